The molecule has 0 fully saturated rings. The van der Waals surface area contributed by atoms with Gasteiger partial charge < -0.3 is 9.64 Å². The molecule has 0 heterocycles. The summed E-state index contributed by atoms with van der Waals surface area (Å²) in [6, 6.07) is 10.7. The van der Waals surface area contributed by atoms with Crippen LogP contribution in [0.5, 0.6) is 0 Å². The van der Waals surface area contributed by atoms with Gasteiger partial charge in [0.2, 0.25) is 0 Å². The zero-order chi connectivity index (χ0) is 20.0. The Bertz CT molecular complexity index is 774. The lowest BCUT2D eigenvalue weighted by molar-refractivity contribution is -0.137. The second kappa shape index (κ2) is 8.79. The van der Waals surface area contributed by atoms with E-state index >= 15 is 0 Å². The number of hydrogen-bond donors (Lipinski definition) is 1. The smallest absolute Gasteiger partial charge is 0.416 e. The largest absolute Gasteiger partial charge is 0.449 e. The highest BCUT2D eigenvalue weighted by Gasteiger charge is 2.29. The van der Waals surface area contributed by atoms with Crippen molar-refractivity contribution in [3.63, 3.8) is 0 Å². The topological polar surface area (TPSA) is 41.6 Å². The Labute approximate surface area is 156 Å². The highest BCUT2D eigenvalue weighted by Crippen LogP contribution is 2.29. The Balaban J connectivity index is 2.03. The van der Waals surface area contributed by atoms with Gasteiger partial charge in [-0.1, -0.05) is 19.1 Å². The van der Waals surface area contributed by atoms with Gasteiger partial charge in [-0.05, 0) is 54.8 Å². The molecule has 7 heteroatoms. The molecule has 2 aromatic rings. The van der Waals surface area contributed by atoms with Crippen LogP contribution in [0.1, 0.15) is 30.0 Å². The third-order valence-electron chi connectivity index (χ3n) is 4.03. The van der Waals surface area contributed by atoms with Crippen molar-refractivity contribution < 1.29 is 22.7 Å². The van der Waals surface area contributed by atoms with Crippen molar-refractivity contribution in [1.82, 2.24) is 0 Å². The van der Waals surface area contributed by atoms with E-state index in [1.807, 2.05) is 37.9 Å². The lowest BCUT2D eigenvalue weighted by Crippen LogP contribution is -2.18. The van der Waals surface area contributed by atoms with Gasteiger partial charge in [0.1, 0.15) is 0 Å². The van der Waals surface area contributed by atoms with E-state index in [1.54, 1.807) is 6.07 Å². The molecular weight excluding hydrogens is 357 g/mol. The van der Waals surface area contributed by atoms with Crippen LogP contribution in [0.4, 0.5) is 29.3 Å². The number of aryl methyl sites for hydroxylation is 1. The minimum absolute atomic E-state index is 0.360. The summed E-state index contributed by atoms with van der Waals surface area (Å²) in [6.07, 6.45) is -4.08. The lowest BCUT2D eigenvalue weighted by atomic mass is 10.1. The van der Waals surface area contributed by atoms with Gasteiger partial charge >= 0.3 is 12.3 Å². The molecule has 0 aromatic heterocycles. The third kappa shape index (κ3) is 5.91. The van der Waals surface area contributed by atoms with Crippen LogP contribution < -0.4 is 10.2 Å². The first-order valence-corrected chi connectivity index (χ1v) is 8.62. The van der Waals surface area contributed by atoms with E-state index in [0.29, 0.717) is 18.8 Å². The molecular formula is C20H23F3N2O2. The summed E-state index contributed by atoms with van der Waals surface area (Å²) in [7, 11) is 1.86. The number of carbonyl (C=O) groups is 1. The van der Waals surface area contributed by atoms with E-state index in [2.05, 4.69) is 5.32 Å². The first-order valence-electron chi connectivity index (χ1n) is 8.62. The van der Waals surface area contributed by atoms with Gasteiger partial charge in [0.25, 0.3) is 0 Å². The lowest BCUT2D eigenvalue weighted by Gasteiger charge is -2.21. The molecule has 2 rings (SSSR count). The summed E-state index contributed by atoms with van der Waals surface area (Å²) in [4.78, 5) is 13.6. The fourth-order valence-electron chi connectivity index (χ4n) is 2.53. The van der Waals surface area contributed by atoms with E-state index in [9.17, 15) is 18.0 Å². The Kier molecular flexibility index (Phi) is 6.71. The van der Waals surface area contributed by atoms with Crippen molar-refractivity contribution in [2.24, 2.45) is 0 Å². The molecule has 2 aromatic carbocycles. The number of nitrogens with one attached hydrogen (secondary N) is 1. The number of nitrogens with zero attached hydrogens (tertiary/aromatic N) is 1. The maximum absolute atomic E-state index is 12.6. The SMILES string of the molecule is CCCOC(=O)Nc1ccc(N(C)Cc2ccc(C(F)(F)F)cc2)cc1C. The van der Waals surface area contributed by atoms with Crippen molar-refractivity contribution in [3.05, 3.63) is 59.2 Å². The molecule has 0 radical (unpaired) electrons. The molecule has 1 amide bonds. The molecule has 0 bridgehead atoms. The second-order valence-corrected chi connectivity index (χ2v) is 6.31. The number of benzene rings is 2. The Morgan fingerprint density at radius 2 is 1.81 bits per heavy atom. The van der Waals surface area contributed by atoms with E-state index in [-0.39, 0.29) is 0 Å². The highest BCUT2D eigenvalue weighted by molar-refractivity contribution is 5.86. The molecule has 0 unspecified atom stereocenters. The quantitative estimate of drug-likeness (QED) is 0.708. The minimum Gasteiger partial charge on any atom is -0.449 e. The predicted octanol–water partition coefficient (Wildman–Crippen LogP) is 5.61. The number of amides is 1. The van der Waals surface area contributed by atoms with Crippen LogP contribution in [0.2, 0.25) is 0 Å². The monoisotopic (exact) mass is 380 g/mol. The molecule has 4 nitrogen and oxygen atoms in total. The normalized spacial score (nSPS) is 11.2. The second-order valence-electron chi connectivity index (χ2n) is 6.31. The van der Waals surface area contributed by atoms with Gasteiger partial charge in [-0.15, -0.1) is 0 Å². The molecule has 0 aliphatic carbocycles. The van der Waals surface area contributed by atoms with Crippen LogP contribution in [0.25, 0.3) is 0 Å². The molecule has 0 aliphatic heterocycles. The fourth-order valence-corrected chi connectivity index (χ4v) is 2.53. The predicted molar refractivity (Wildman–Crippen MR) is 100.0 cm³/mol. The highest BCUT2D eigenvalue weighted by atomic mass is 19.4. The number of halogens is 3. The number of ether oxygens (including phenoxy) is 1. The van der Waals surface area contributed by atoms with Gasteiger partial charge in [-0.2, -0.15) is 13.2 Å². The molecule has 27 heavy (non-hydrogen) atoms. The molecule has 1 N–H and O–H groups in total. The maximum Gasteiger partial charge on any atom is 0.416 e. The van der Waals surface area contributed by atoms with Crippen LogP contribution in [-0.4, -0.2) is 19.7 Å². The van der Waals surface area contributed by atoms with Gasteiger partial charge in [0, 0.05) is 25.0 Å². The number of hydrogen-bond acceptors (Lipinski definition) is 3. The first-order chi connectivity index (χ1) is 12.7. The Morgan fingerprint density at radius 3 is 2.37 bits per heavy atom. The van der Waals surface area contributed by atoms with E-state index in [0.717, 1.165) is 35.4 Å². The van der Waals surface area contributed by atoms with Crippen LogP contribution >= 0.6 is 0 Å². The van der Waals surface area contributed by atoms with Gasteiger partial charge in [-0.25, -0.2) is 4.79 Å². The number of rotatable bonds is 6. The molecule has 0 saturated carbocycles. The number of alkyl halides is 3. The van der Waals surface area contributed by atoms with Crippen molar-refractivity contribution in [2.45, 2.75) is 33.0 Å². The van der Waals surface area contributed by atoms with Crippen LogP contribution in [0, 0.1) is 6.92 Å². The molecule has 146 valence electrons. The zero-order valence-electron chi connectivity index (χ0n) is 15.6. The van der Waals surface area contributed by atoms with Crippen molar-refractivity contribution >= 4 is 17.5 Å². The van der Waals surface area contributed by atoms with E-state index in [1.165, 1.54) is 12.1 Å². The molecule has 0 spiro atoms. The number of anilines is 2. The van der Waals surface area contributed by atoms with Crippen molar-refractivity contribution in [1.29, 1.82) is 0 Å². The van der Waals surface area contributed by atoms with Crippen molar-refractivity contribution in [3.8, 4) is 0 Å². The summed E-state index contributed by atoms with van der Waals surface area (Å²) < 4.78 is 42.9. The molecule has 0 atom stereocenters. The third-order valence-corrected chi connectivity index (χ3v) is 4.03. The standard InChI is InChI=1S/C20H23F3N2O2/c1-4-11-27-19(26)24-18-10-9-17(12-14(18)2)25(3)13-15-5-7-16(8-6-15)20(21,22)23/h5-10,12H,4,11,13H2,1-3H3,(H,24,26). The Hall–Kier alpha value is -2.70. The summed E-state index contributed by atoms with van der Waals surface area (Å²) in [5.41, 5.74) is 2.52. The average Bonchev–Trinajstić information content (AvgIpc) is 2.61. The van der Waals surface area contributed by atoms with Gasteiger partial charge in [0.05, 0.1) is 12.2 Å². The van der Waals surface area contributed by atoms with Crippen molar-refractivity contribution in [2.75, 3.05) is 23.9 Å². The first kappa shape index (κ1) is 20.6. The molecule has 0 aliphatic rings. The minimum atomic E-state index is -4.33. The zero-order valence-corrected chi connectivity index (χ0v) is 15.6. The van der Waals surface area contributed by atoms with Crippen LogP contribution in [-0.2, 0) is 17.5 Å². The van der Waals surface area contributed by atoms with E-state index < -0.39 is 17.8 Å². The average molecular weight is 380 g/mol. The van der Waals surface area contributed by atoms with E-state index in [4.69, 9.17) is 4.74 Å². The van der Waals surface area contributed by atoms with Gasteiger partial charge in [0.15, 0.2) is 0 Å². The van der Waals surface area contributed by atoms with Crippen LogP contribution in [0.3, 0.4) is 0 Å². The van der Waals surface area contributed by atoms with Gasteiger partial charge in [-0.3, -0.25) is 5.32 Å². The summed E-state index contributed by atoms with van der Waals surface area (Å²) in [5, 5.41) is 2.69. The summed E-state index contributed by atoms with van der Waals surface area (Å²) >= 11 is 0. The fraction of sp³-hybridized carbons (Fsp3) is 0.350. The summed E-state index contributed by atoms with van der Waals surface area (Å²) in [5.74, 6) is 0. The molecule has 0 saturated heterocycles. The van der Waals surface area contributed by atoms with Crippen LogP contribution in [0.15, 0.2) is 42.5 Å². The summed E-state index contributed by atoms with van der Waals surface area (Å²) in [6.45, 7) is 4.60. The Morgan fingerprint density at radius 1 is 1.15 bits per heavy atom. The number of carbonyl (C=O) groups excluding carboxylic acids is 1. The maximum atomic E-state index is 12.6.